The molecule has 62 valence electrons. The van der Waals surface area contributed by atoms with E-state index in [1.54, 1.807) is 6.20 Å². The summed E-state index contributed by atoms with van der Waals surface area (Å²) in [5, 5.41) is 1.18. The molecule has 12 heavy (non-hydrogen) atoms. The van der Waals surface area contributed by atoms with Crippen LogP contribution in [0, 0.1) is 10.5 Å². The predicted octanol–water partition coefficient (Wildman–Crippen LogP) is 3.24. The molecule has 0 atom stereocenters. The number of nitrogens with zero attached hydrogens (tertiary/aromatic N) is 1. The van der Waals surface area contributed by atoms with Gasteiger partial charge in [-0.15, -0.1) is 0 Å². The molecule has 0 fully saturated rings. The van der Waals surface area contributed by atoms with E-state index in [4.69, 9.17) is 0 Å². The monoisotopic (exact) mass is 336 g/mol. The molecule has 0 aromatic carbocycles. The fourth-order valence-electron chi connectivity index (χ4n) is 1.14. The molecule has 4 heteroatoms. The molecule has 2 rings (SSSR count). The van der Waals surface area contributed by atoms with Crippen LogP contribution in [0.15, 0.2) is 16.7 Å². The lowest BCUT2D eigenvalue weighted by Gasteiger charge is -1.90. The molecule has 1 N–H and O–H groups in total. The number of halogens is 2. The lowest BCUT2D eigenvalue weighted by molar-refractivity contribution is 1.24. The van der Waals surface area contributed by atoms with Crippen LogP contribution in [0.1, 0.15) is 5.69 Å². The molecule has 0 aliphatic heterocycles. The van der Waals surface area contributed by atoms with Gasteiger partial charge in [-0.3, -0.25) is 0 Å². The van der Waals surface area contributed by atoms with Crippen molar-refractivity contribution in [3.63, 3.8) is 0 Å². The average molecular weight is 337 g/mol. The van der Waals surface area contributed by atoms with Gasteiger partial charge in [0.2, 0.25) is 0 Å². The van der Waals surface area contributed by atoms with Gasteiger partial charge in [0.15, 0.2) is 0 Å². The molecule has 0 aliphatic rings. The Morgan fingerprint density at radius 3 is 3.08 bits per heavy atom. The normalized spacial score (nSPS) is 10.9. The molecule has 0 saturated carbocycles. The summed E-state index contributed by atoms with van der Waals surface area (Å²) < 4.78 is 2.27. The van der Waals surface area contributed by atoms with Crippen molar-refractivity contribution in [1.82, 2.24) is 9.97 Å². The maximum absolute atomic E-state index is 4.26. The van der Waals surface area contributed by atoms with Crippen molar-refractivity contribution in [2.75, 3.05) is 0 Å². The molecular weight excluding hydrogens is 331 g/mol. The van der Waals surface area contributed by atoms with Crippen LogP contribution in [-0.2, 0) is 0 Å². The first-order chi connectivity index (χ1) is 5.68. The van der Waals surface area contributed by atoms with Crippen molar-refractivity contribution in [3.05, 3.63) is 26.0 Å². The first kappa shape index (κ1) is 8.50. The largest absolute Gasteiger partial charge is 0.343 e. The molecule has 0 bridgehead atoms. The summed E-state index contributed by atoms with van der Waals surface area (Å²) in [4.78, 5) is 7.47. The van der Waals surface area contributed by atoms with Crippen LogP contribution in [0.4, 0.5) is 0 Å². The number of fused-ring (bicyclic) bond motifs is 1. The Labute approximate surface area is 92.0 Å². The van der Waals surface area contributed by atoms with Gasteiger partial charge >= 0.3 is 0 Å². The van der Waals surface area contributed by atoms with Crippen LogP contribution in [0.5, 0.6) is 0 Å². The number of nitrogens with one attached hydrogen (secondary N) is 1. The van der Waals surface area contributed by atoms with E-state index in [1.165, 1.54) is 14.7 Å². The van der Waals surface area contributed by atoms with Crippen molar-refractivity contribution in [2.45, 2.75) is 6.92 Å². The summed E-state index contributed by atoms with van der Waals surface area (Å²) >= 11 is 5.72. The van der Waals surface area contributed by atoms with Crippen molar-refractivity contribution in [1.29, 1.82) is 0 Å². The zero-order valence-corrected chi connectivity index (χ0v) is 10.1. The predicted molar refractivity (Wildman–Crippen MR) is 61.2 cm³/mol. The van der Waals surface area contributed by atoms with Gasteiger partial charge < -0.3 is 4.98 Å². The standard InChI is InChI=1S/C8H6BrIN2/c1-4-7(10)6-2-5(9)3-11-8(6)12-4/h2-3H,1H3,(H,11,12). The summed E-state index contributed by atoms with van der Waals surface area (Å²) in [6.45, 7) is 2.05. The number of H-pyrrole nitrogens is 1. The highest BCUT2D eigenvalue weighted by Crippen LogP contribution is 2.24. The summed E-state index contributed by atoms with van der Waals surface area (Å²) in [6.07, 6.45) is 1.80. The maximum atomic E-state index is 4.26. The Morgan fingerprint density at radius 1 is 1.58 bits per heavy atom. The zero-order valence-electron chi connectivity index (χ0n) is 6.36. The molecular formula is C8H6BrIN2. The molecule has 2 aromatic heterocycles. The number of hydrogen-bond acceptors (Lipinski definition) is 1. The smallest absolute Gasteiger partial charge is 0.138 e. The van der Waals surface area contributed by atoms with E-state index >= 15 is 0 Å². The van der Waals surface area contributed by atoms with E-state index in [1.807, 2.05) is 0 Å². The molecule has 2 aromatic rings. The fourth-order valence-corrected chi connectivity index (χ4v) is 2.02. The van der Waals surface area contributed by atoms with Gasteiger partial charge in [0, 0.05) is 25.3 Å². The molecule has 2 heterocycles. The zero-order chi connectivity index (χ0) is 8.72. The third-order valence-corrected chi connectivity index (χ3v) is 3.55. The van der Waals surface area contributed by atoms with Crippen LogP contribution < -0.4 is 0 Å². The van der Waals surface area contributed by atoms with Crippen molar-refractivity contribution in [2.24, 2.45) is 0 Å². The second kappa shape index (κ2) is 2.99. The Balaban J connectivity index is 2.88. The topological polar surface area (TPSA) is 28.7 Å². The van der Waals surface area contributed by atoms with Crippen molar-refractivity contribution >= 4 is 49.6 Å². The highest BCUT2D eigenvalue weighted by Gasteiger charge is 2.05. The number of hydrogen-bond donors (Lipinski definition) is 1. The van der Waals surface area contributed by atoms with E-state index < -0.39 is 0 Å². The van der Waals surface area contributed by atoms with Gasteiger partial charge in [-0.2, -0.15) is 0 Å². The van der Waals surface area contributed by atoms with Gasteiger partial charge in [0.25, 0.3) is 0 Å². The first-order valence-electron chi connectivity index (χ1n) is 3.48. The molecule has 0 unspecified atom stereocenters. The third-order valence-electron chi connectivity index (χ3n) is 1.73. The van der Waals surface area contributed by atoms with Gasteiger partial charge in [-0.25, -0.2) is 4.98 Å². The minimum atomic E-state index is 0.958. The second-order valence-electron chi connectivity index (χ2n) is 2.61. The van der Waals surface area contributed by atoms with Gasteiger partial charge in [0.05, 0.1) is 0 Å². The van der Waals surface area contributed by atoms with Crippen LogP contribution in [0.3, 0.4) is 0 Å². The Hall–Kier alpha value is -0.100. The lowest BCUT2D eigenvalue weighted by Crippen LogP contribution is -1.75. The van der Waals surface area contributed by atoms with Crippen molar-refractivity contribution in [3.8, 4) is 0 Å². The first-order valence-corrected chi connectivity index (χ1v) is 5.35. The summed E-state index contributed by atoms with van der Waals surface area (Å²) in [7, 11) is 0. The molecule has 0 amide bonds. The molecule has 0 spiro atoms. The van der Waals surface area contributed by atoms with Crippen LogP contribution in [0.2, 0.25) is 0 Å². The van der Waals surface area contributed by atoms with E-state index in [0.29, 0.717) is 0 Å². The summed E-state index contributed by atoms with van der Waals surface area (Å²) in [5.41, 5.74) is 2.14. The van der Waals surface area contributed by atoms with Gasteiger partial charge in [0.1, 0.15) is 5.65 Å². The van der Waals surface area contributed by atoms with Gasteiger partial charge in [-0.1, -0.05) is 0 Å². The number of aryl methyl sites for hydroxylation is 1. The van der Waals surface area contributed by atoms with Crippen LogP contribution in [0.25, 0.3) is 11.0 Å². The SMILES string of the molecule is Cc1[nH]c2ncc(Br)cc2c1I. The third kappa shape index (κ3) is 1.26. The van der Waals surface area contributed by atoms with Crippen LogP contribution in [-0.4, -0.2) is 9.97 Å². The quantitative estimate of drug-likeness (QED) is 0.735. The fraction of sp³-hybridized carbons (Fsp3) is 0.125. The number of rotatable bonds is 0. The highest BCUT2D eigenvalue weighted by molar-refractivity contribution is 14.1. The number of aromatic nitrogens is 2. The van der Waals surface area contributed by atoms with E-state index in [-0.39, 0.29) is 0 Å². The average Bonchev–Trinajstić information content (AvgIpc) is 2.31. The minimum absolute atomic E-state index is 0.958. The molecule has 0 aliphatic carbocycles. The summed E-state index contributed by atoms with van der Waals surface area (Å²) in [6, 6.07) is 2.08. The Kier molecular flexibility index (Phi) is 2.12. The lowest BCUT2D eigenvalue weighted by atomic mass is 10.3. The second-order valence-corrected chi connectivity index (χ2v) is 4.61. The van der Waals surface area contributed by atoms with E-state index in [0.717, 1.165) is 10.1 Å². The summed E-state index contributed by atoms with van der Waals surface area (Å²) in [5.74, 6) is 0. The Bertz CT molecular complexity index is 436. The molecule has 2 nitrogen and oxygen atoms in total. The maximum Gasteiger partial charge on any atom is 0.138 e. The molecule has 0 saturated heterocycles. The number of pyridine rings is 1. The van der Waals surface area contributed by atoms with Crippen LogP contribution >= 0.6 is 38.5 Å². The highest BCUT2D eigenvalue weighted by atomic mass is 127. The van der Waals surface area contributed by atoms with E-state index in [9.17, 15) is 0 Å². The van der Waals surface area contributed by atoms with E-state index in [2.05, 4.69) is 61.5 Å². The minimum Gasteiger partial charge on any atom is -0.343 e. The van der Waals surface area contributed by atoms with Crippen molar-refractivity contribution < 1.29 is 0 Å². The number of aromatic amines is 1. The Morgan fingerprint density at radius 2 is 2.33 bits per heavy atom. The molecule has 0 radical (unpaired) electrons. The van der Waals surface area contributed by atoms with Gasteiger partial charge in [-0.05, 0) is 51.5 Å².